The van der Waals surface area contributed by atoms with E-state index >= 15 is 0 Å². The first kappa shape index (κ1) is 46.3. The molecule has 67 heavy (non-hydrogen) atoms. The van der Waals surface area contributed by atoms with Crippen LogP contribution in [0.15, 0.2) is 78.0 Å². The summed E-state index contributed by atoms with van der Waals surface area (Å²) in [7, 11) is 1.90. The zero-order chi connectivity index (χ0) is 47.9. The number of carbonyl (C=O) groups is 4. The molecule has 0 radical (unpaired) electrons. The number of aliphatic hydroxyl groups is 1. The second-order valence-corrected chi connectivity index (χ2v) is 18.0. The number of fused-ring (bicyclic) bond motifs is 3. The number of nitrogens with two attached hydrogens (primary N) is 1. The zero-order valence-electron chi connectivity index (χ0n) is 38.5. The molecule has 1 atom stereocenters. The first-order valence-electron chi connectivity index (χ1n) is 22.8. The Morgan fingerprint density at radius 3 is 2.52 bits per heavy atom. The van der Waals surface area contributed by atoms with Gasteiger partial charge >= 0.3 is 18.1 Å². The number of amides is 3. The minimum atomic E-state index is -1.95. The lowest BCUT2D eigenvalue weighted by molar-refractivity contribution is -0.162. The lowest BCUT2D eigenvalue weighted by Crippen LogP contribution is -2.45. The number of phenols is 2. The largest absolute Gasteiger partial charge is 0.508 e. The molecule has 350 valence electrons. The Bertz CT molecular complexity index is 2890. The van der Waals surface area contributed by atoms with Gasteiger partial charge in [0, 0.05) is 78.5 Å². The number of pyridine rings is 1. The molecule has 1 fully saturated rings. The van der Waals surface area contributed by atoms with Gasteiger partial charge in [0.15, 0.2) is 5.60 Å². The molecule has 0 saturated carbocycles. The third-order valence-electron chi connectivity index (χ3n) is 13.6. The van der Waals surface area contributed by atoms with Crippen molar-refractivity contribution in [2.24, 2.45) is 11.7 Å². The highest BCUT2D eigenvalue weighted by Crippen LogP contribution is 2.41. The van der Waals surface area contributed by atoms with Crippen LogP contribution >= 0.6 is 0 Å². The molecule has 16 nitrogen and oxygen atoms in total. The van der Waals surface area contributed by atoms with Gasteiger partial charge in [0.2, 0.25) is 0 Å². The quantitative estimate of drug-likeness (QED) is 0.0350. The van der Waals surface area contributed by atoms with Crippen molar-refractivity contribution in [1.82, 2.24) is 19.4 Å². The van der Waals surface area contributed by atoms with E-state index in [4.69, 9.17) is 25.6 Å². The number of carbonyl (C=O) groups excluding carboxylic acids is 4. The van der Waals surface area contributed by atoms with Gasteiger partial charge in [-0.05, 0) is 116 Å². The molecule has 3 aromatic carbocycles. The van der Waals surface area contributed by atoms with Crippen LogP contribution < -0.4 is 15.4 Å². The number of rotatable bonds is 12. The first-order chi connectivity index (χ1) is 32.1. The minimum Gasteiger partial charge on any atom is -0.508 e. The SMILES string of the molecule is CCc1c2c(nc3ccc(OC(=O)N4CCC(CCCn5ccc6cc(N(C(=N)c7cc(C(C)C)c(O)cc7O)C(N)=O)ccc65)CC4)cc13)/C(=C/C1=C(C=O)COC(=O)C1(O)CC)N(C)C2. The molecule has 16 heteroatoms. The molecular weight excluding hydrogens is 855 g/mol. The van der Waals surface area contributed by atoms with Crippen molar-refractivity contribution in [3.05, 3.63) is 106 Å². The normalized spacial score (nSPS) is 18.3. The van der Waals surface area contributed by atoms with Crippen molar-refractivity contribution >= 4 is 63.4 Å². The molecule has 0 bridgehead atoms. The summed E-state index contributed by atoms with van der Waals surface area (Å²) in [5, 5.41) is 42.8. The van der Waals surface area contributed by atoms with Gasteiger partial charge in [-0.15, -0.1) is 0 Å². The number of urea groups is 1. The van der Waals surface area contributed by atoms with Crippen LogP contribution in [0.2, 0.25) is 0 Å². The van der Waals surface area contributed by atoms with E-state index in [1.54, 1.807) is 36.1 Å². The van der Waals surface area contributed by atoms with Crippen molar-refractivity contribution in [2.45, 2.75) is 90.8 Å². The molecule has 0 aliphatic carbocycles. The number of anilines is 1. The molecule has 2 aromatic heterocycles. The molecule has 0 spiro atoms. The Hall–Kier alpha value is -7.20. The van der Waals surface area contributed by atoms with E-state index in [1.807, 2.05) is 56.3 Å². The molecule has 8 rings (SSSR count). The van der Waals surface area contributed by atoms with E-state index in [2.05, 4.69) is 11.5 Å². The average molecular weight is 912 g/mol. The summed E-state index contributed by atoms with van der Waals surface area (Å²) in [6, 6.07) is 14.6. The van der Waals surface area contributed by atoms with Crippen molar-refractivity contribution < 1.29 is 44.0 Å². The van der Waals surface area contributed by atoms with E-state index in [0.717, 1.165) is 64.5 Å². The van der Waals surface area contributed by atoms with E-state index in [9.17, 15) is 34.5 Å². The molecule has 1 unspecified atom stereocenters. The monoisotopic (exact) mass is 911 g/mol. The summed E-state index contributed by atoms with van der Waals surface area (Å²) < 4.78 is 13.2. The van der Waals surface area contributed by atoms with Gasteiger partial charge in [-0.1, -0.05) is 27.7 Å². The minimum absolute atomic E-state index is 0.0384. The standard InChI is InChI=1S/C51H57N7O9/c1-6-35-37-22-34(11-12-41(37)54-46-39(35)26-55(5)43(46)24-40-32(27-59)28-66-48(62)51(40,65)7-2)67-50(64)57-18-14-30(15-19-57)9-8-17-56-20-16-31-21-33(10-13-42(31)56)58(49(53)63)47(52)38-23-36(29(3)4)44(60)25-45(38)61/h10-13,16,20-25,27,29-30,52,60-61,65H,6-9,14-15,17-19,26,28H2,1-5H3,(H2,53,63)/b43-24-,52-47?. The zero-order valence-corrected chi connectivity index (χ0v) is 38.5. The fraction of sp³-hybridized carbons (Fsp3) is 0.373. The van der Waals surface area contributed by atoms with E-state index in [1.165, 1.54) is 12.1 Å². The third-order valence-corrected chi connectivity index (χ3v) is 13.6. The highest BCUT2D eigenvalue weighted by Gasteiger charge is 2.45. The molecule has 3 aliphatic rings. The third kappa shape index (κ3) is 8.68. The number of amidine groups is 1. The summed E-state index contributed by atoms with van der Waals surface area (Å²) in [6.45, 7) is 9.73. The number of aromatic hydroxyl groups is 2. The molecular formula is C51H57N7O9. The molecule has 5 heterocycles. The number of hydrogen-bond donors (Lipinski definition) is 5. The van der Waals surface area contributed by atoms with Gasteiger partial charge in [0.1, 0.15) is 36.0 Å². The second-order valence-electron chi connectivity index (χ2n) is 18.0. The van der Waals surface area contributed by atoms with Crippen LogP contribution in [0.4, 0.5) is 15.3 Å². The molecule has 5 aromatic rings. The fourth-order valence-corrected chi connectivity index (χ4v) is 9.75. The number of primary amides is 1. The van der Waals surface area contributed by atoms with Crippen LogP contribution in [0.25, 0.3) is 27.5 Å². The van der Waals surface area contributed by atoms with E-state index in [0.29, 0.717) is 72.2 Å². The number of likely N-dealkylation sites (tertiary alicyclic amines) is 1. The van der Waals surface area contributed by atoms with Crippen LogP contribution in [0.1, 0.15) is 93.7 Å². The Morgan fingerprint density at radius 1 is 1.07 bits per heavy atom. The number of aromatic nitrogens is 2. The number of phenolic OH excluding ortho intramolecular Hbond substituents is 2. The number of cyclic esters (lactones) is 1. The van der Waals surface area contributed by atoms with Gasteiger partial charge in [-0.3, -0.25) is 10.2 Å². The number of hydrogen-bond acceptors (Lipinski definition) is 12. The van der Waals surface area contributed by atoms with Crippen LogP contribution in [0.3, 0.4) is 0 Å². The summed E-state index contributed by atoms with van der Waals surface area (Å²) in [6.07, 6.45) is 8.24. The average Bonchev–Trinajstić information content (AvgIpc) is 3.85. The smallest absolute Gasteiger partial charge is 0.415 e. The molecule has 1 saturated heterocycles. The molecule has 6 N–H and O–H groups in total. The van der Waals surface area contributed by atoms with E-state index in [-0.39, 0.29) is 53.0 Å². The topological polar surface area (TPSA) is 225 Å². The van der Waals surface area contributed by atoms with Crippen molar-refractivity contribution in [3.8, 4) is 17.2 Å². The van der Waals surface area contributed by atoms with Crippen LogP contribution in [0.5, 0.6) is 17.2 Å². The van der Waals surface area contributed by atoms with Gasteiger partial charge in [0.05, 0.1) is 28.2 Å². The number of aryl methyl sites for hydroxylation is 2. The van der Waals surface area contributed by atoms with Crippen LogP contribution in [-0.4, -0.2) is 97.2 Å². The first-order valence-corrected chi connectivity index (χ1v) is 22.8. The summed E-state index contributed by atoms with van der Waals surface area (Å²) in [5.74, 6) is -0.730. The number of esters is 1. The Labute approximate surface area is 388 Å². The highest BCUT2D eigenvalue weighted by molar-refractivity contribution is 6.22. The fourth-order valence-electron chi connectivity index (χ4n) is 9.75. The van der Waals surface area contributed by atoms with Crippen molar-refractivity contribution in [1.29, 1.82) is 5.41 Å². The maximum atomic E-state index is 13.5. The van der Waals surface area contributed by atoms with Gasteiger partial charge in [-0.2, -0.15) is 0 Å². The molecule has 3 amide bonds. The Morgan fingerprint density at radius 2 is 1.84 bits per heavy atom. The number of aldehydes is 1. The van der Waals surface area contributed by atoms with E-state index < -0.39 is 23.7 Å². The van der Waals surface area contributed by atoms with Gasteiger partial charge in [0.25, 0.3) is 0 Å². The summed E-state index contributed by atoms with van der Waals surface area (Å²) >= 11 is 0. The second kappa shape index (κ2) is 18.6. The maximum Gasteiger partial charge on any atom is 0.415 e. The van der Waals surface area contributed by atoms with Crippen LogP contribution in [0, 0.1) is 11.3 Å². The Kier molecular flexibility index (Phi) is 12.9. The van der Waals surface area contributed by atoms with Gasteiger partial charge < -0.3 is 44.9 Å². The van der Waals surface area contributed by atoms with Crippen molar-refractivity contribution in [3.63, 3.8) is 0 Å². The number of nitrogens with zero attached hydrogens (tertiary/aromatic N) is 5. The maximum absolute atomic E-state index is 13.5. The van der Waals surface area contributed by atoms with Crippen molar-refractivity contribution in [2.75, 3.05) is 31.6 Å². The summed E-state index contributed by atoms with van der Waals surface area (Å²) in [4.78, 5) is 60.7. The molecule has 3 aliphatic heterocycles. The predicted octanol–water partition coefficient (Wildman–Crippen LogP) is 7.87. The number of ether oxygens (including phenoxy) is 2. The lowest BCUT2D eigenvalue weighted by atomic mass is 9.85. The predicted molar refractivity (Wildman–Crippen MR) is 254 cm³/mol. The number of piperidine rings is 1. The van der Waals surface area contributed by atoms with Gasteiger partial charge in [-0.25, -0.2) is 24.3 Å². The highest BCUT2D eigenvalue weighted by atomic mass is 16.6. The summed E-state index contributed by atoms with van der Waals surface area (Å²) in [5.41, 5.74) is 10.3. The van der Waals surface area contributed by atoms with Crippen LogP contribution in [-0.2, 0) is 33.8 Å². The number of nitrogens with one attached hydrogen (secondary N) is 1. The number of benzene rings is 3. The Balaban J connectivity index is 0.881. The lowest BCUT2D eigenvalue weighted by Gasteiger charge is -2.32.